The van der Waals surface area contributed by atoms with E-state index in [9.17, 15) is 14.3 Å². The average Bonchev–Trinajstić information content (AvgIpc) is 2.26. The number of benzene rings is 1. The van der Waals surface area contributed by atoms with Crippen molar-refractivity contribution in [2.75, 3.05) is 18.1 Å². The first-order chi connectivity index (χ1) is 7.91. The van der Waals surface area contributed by atoms with Crippen molar-refractivity contribution in [3.05, 3.63) is 31.9 Å². The quantitative estimate of drug-likeness (QED) is 0.492. The molecule has 0 aliphatic rings. The first-order valence-corrected chi connectivity index (χ1v) is 7.62. The topological polar surface area (TPSA) is 72.2 Å². The maximum atomic E-state index is 11.2. The van der Waals surface area contributed by atoms with E-state index in [4.69, 9.17) is 0 Å². The molecular formula is C10H13IN2O3S. The Morgan fingerprint density at radius 2 is 2.24 bits per heavy atom. The summed E-state index contributed by atoms with van der Waals surface area (Å²) in [6.07, 6.45) is 1.66. The van der Waals surface area contributed by atoms with Crippen LogP contribution in [-0.4, -0.2) is 27.2 Å². The highest BCUT2D eigenvalue weighted by atomic mass is 127. The highest BCUT2D eigenvalue weighted by molar-refractivity contribution is 14.1. The molecular weight excluding hydrogens is 355 g/mol. The number of hydrogen-bond acceptors (Lipinski definition) is 4. The van der Waals surface area contributed by atoms with Gasteiger partial charge >= 0.3 is 0 Å². The number of non-ortho nitro benzene ring substituents is 1. The lowest BCUT2D eigenvalue weighted by atomic mass is 10.3. The number of nitro benzene ring substituents is 1. The summed E-state index contributed by atoms with van der Waals surface area (Å²) in [6, 6.07) is 4.64. The van der Waals surface area contributed by atoms with E-state index in [0.717, 1.165) is 9.26 Å². The van der Waals surface area contributed by atoms with Crippen molar-refractivity contribution in [1.82, 2.24) is 0 Å². The van der Waals surface area contributed by atoms with Gasteiger partial charge in [0.15, 0.2) is 0 Å². The highest BCUT2D eigenvalue weighted by Gasteiger charge is 2.10. The van der Waals surface area contributed by atoms with Crippen molar-refractivity contribution in [2.45, 2.75) is 12.2 Å². The Hall–Kier alpha value is -0.700. The van der Waals surface area contributed by atoms with Crippen LogP contribution >= 0.6 is 22.6 Å². The molecule has 0 spiro atoms. The van der Waals surface area contributed by atoms with E-state index in [0.29, 0.717) is 6.54 Å². The van der Waals surface area contributed by atoms with Crippen molar-refractivity contribution in [1.29, 1.82) is 0 Å². The van der Waals surface area contributed by atoms with Gasteiger partial charge in [-0.05, 0) is 35.6 Å². The molecule has 7 heteroatoms. The summed E-state index contributed by atoms with van der Waals surface area (Å²) in [7, 11) is -0.875. The zero-order chi connectivity index (χ0) is 13.0. The summed E-state index contributed by atoms with van der Waals surface area (Å²) in [5.74, 6) is 0. The van der Waals surface area contributed by atoms with Gasteiger partial charge in [-0.3, -0.25) is 14.3 Å². The Morgan fingerprint density at radius 3 is 2.71 bits per heavy atom. The molecule has 1 rings (SSSR count). The minimum atomic E-state index is -0.875. The number of nitrogens with one attached hydrogen (secondary N) is 1. The van der Waals surface area contributed by atoms with Gasteiger partial charge in [-0.1, -0.05) is 0 Å². The van der Waals surface area contributed by atoms with Crippen molar-refractivity contribution in [3.8, 4) is 0 Å². The predicted octanol–water partition coefficient (Wildman–Crippen LogP) is 2.38. The minimum Gasteiger partial charge on any atom is -0.383 e. The SMILES string of the molecule is CC(CNc1ccc([N+](=O)[O-])cc1I)S(C)=O. The predicted molar refractivity (Wildman–Crippen MR) is 77.8 cm³/mol. The van der Waals surface area contributed by atoms with Gasteiger partial charge in [-0.25, -0.2) is 0 Å². The van der Waals surface area contributed by atoms with Crippen molar-refractivity contribution < 1.29 is 9.13 Å². The molecule has 0 fully saturated rings. The van der Waals surface area contributed by atoms with E-state index in [-0.39, 0.29) is 10.9 Å². The second-order valence-electron chi connectivity index (χ2n) is 3.61. The lowest BCUT2D eigenvalue weighted by Gasteiger charge is -2.12. The molecule has 0 aliphatic carbocycles. The van der Waals surface area contributed by atoms with Crippen LogP contribution in [0.15, 0.2) is 18.2 Å². The summed E-state index contributed by atoms with van der Waals surface area (Å²) >= 11 is 2.04. The van der Waals surface area contributed by atoms with Crippen molar-refractivity contribution >= 4 is 44.8 Å². The largest absolute Gasteiger partial charge is 0.383 e. The van der Waals surface area contributed by atoms with Crippen LogP contribution in [0.5, 0.6) is 0 Å². The number of nitrogens with zero attached hydrogens (tertiary/aromatic N) is 1. The summed E-state index contributed by atoms with van der Waals surface area (Å²) in [4.78, 5) is 10.1. The third kappa shape index (κ3) is 4.23. The second kappa shape index (κ2) is 6.29. The van der Waals surface area contributed by atoms with Gasteiger partial charge in [-0.15, -0.1) is 0 Å². The van der Waals surface area contributed by atoms with E-state index < -0.39 is 15.7 Å². The number of rotatable bonds is 5. The molecule has 0 aliphatic heterocycles. The van der Waals surface area contributed by atoms with Gasteiger partial charge in [0.2, 0.25) is 0 Å². The monoisotopic (exact) mass is 368 g/mol. The van der Waals surface area contributed by atoms with Crippen LogP contribution in [-0.2, 0) is 10.8 Å². The number of halogens is 1. The molecule has 94 valence electrons. The standard InChI is InChI=1S/C10H13IN2O3S/c1-7(17(2)16)6-12-10-4-3-8(13(14)15)5-9(10)11/h3-5,7,12H,6H2,1-2H3. The van der Waals surface area contributed by atoms with Crippen molar-refractivity contribution in [2.24, 2.45) is 0 Å². The molecule has 0 saturated heterocycles. The molecule has 1 N–H and O–H groups in total. The third-order valence-corrected chi connectivity index (χ3v) is 4.50. The highest BCUT2D eigenvalue weighted by Crippen LogP contribution is 2.23. The Balaban J connectivity index is 2.73. The van der Waals surface area contributed by atoms with Crippen molar-refractivity contribution in [3.63, 3.8) is 0 Å². The van der Waals surface area contributed by atoms with Crippen LogP contribution in [0.1, 0.15) is 6.92 Å². The number of nitro groups is 1. The first kappa shape index (κ1) is 14.4. The third-order valence-electron chi connectivity index (χ3n) is 2.31. The average molecular weight is 368 g/mol. The van der Waals surface area contributed by atoms with Crippen LogP contribution in [0.3, 0.4) is 0 Å². The smallest absolute Gasteiger partial charge is 0.270 e. The second-order valence-corrected chi connectivity index (χ2v) is 6.58. The van der Waals surface area contributed by atoms with E-state index in [1.807, 2.05) is 29.5 Å². The molecule has 1 aromatic rings. The molecule has 2 atom stereocenters. The zero-order valence-corrected chi connectivity index (χ0v) is 12.4. The molecule has 0 radical (unpaired) electrons. The lowest BCUT2D eigenvalue weighted by molar-refractivity contribution is -0.384. The lowest BCUT2D eigenvalue weighted by Crippen LogP contribution is -2.21. The Morgan fingerprint density at radius 1 is 1.59 bits per heavy atom. The summed E-state index contributed by atoms with van der Waals surface area (Å²) in [6.45, 7) is 2.47. The van der Waals surface area contributed by atoms with E-state index >= 15 is 0 Å². The van der Waals surface area contributed by atoms with Gasteiger partial charge in [0.1, 0.15) is 0 Å². The maximum absolute atomic E-state index is 11.2. The van der Waals surface area contributed by atoms with E-state index in [1.54, 1.807) is 12.3 Å². The molecule has 2 unspecified atom stereocenters. The Kier molecular flexibility index (Phi) is 5.31. The summed E-state index contributed by atoms with van der Waals surface area (Å²) in [5, 5.41) is 13.7. The van der Waals surface area contributed by atoms with E-state index in [2.05, 4.69) is 5.32 Å². The van der Waals surface area contributed by atoms with Gasteiger partial charge in [0, 0.05) is 50.2 Å². The molecule has 1 aromatic carbocycles. The maximum Gasteiger partial charge on any atom is 0.270 e. The fourth-order valence-corrected chi connectivity index (χ4v) is 2.14. The summed E-state index contributed by atoms with van der Waals surface area (Å²) in [5.41, 5.74) is 0.903. The first-order valence-electron chi connectivity index (χ1n) is 4.92. The Labute approximate surface area is 116 Å². The molecule has 0 aromatic heterocycles. The van der Waals surface area contributed by atoms with Crippen LogP contribution in [0.2, 0.25) is 0 Å². The minimum absolute atomic E-state index is 0.0426. The van der Waals surface area contributed by atoms with Gasteiger partial charge in [0.05, 0.1) is 4.92 Å². The molecule has 0 saturated carbocycles. The molecule has 0 bridgehead atoms. The molecule has 0 heterocycles. The number of hydrogen-bond donors (Lipinski definition) is 1. The Bertz CT molecular complexity index is 453. The fourth-order valence-electron chi connectivity index (χ4n) is 1.13. The van der Waals surface area contributed by atoms with Gasteiger partial charge in [-0.2, -0.15) is 0 Å². The van der Waals surface area contributed by atoms with Gasteiger partial charge in [0.25, 0.3) is 5.69 Å². The van der Waals surface area contributed by atoms with E-state index in [1.165, 1.54) is 12.1 Å². The molecule has 5 nitrogen and oxygen atoms in total. The number of anilines is 1. The normalized spacial score (nSPS) is 14.1. The summed E-state index contributed by atoms with van der Waals surface area (Å²) < 4.78 is 12.0. The van der Waals surface area contributed by atoms with Gasteiger partial charge < -0.3 is 5.32 Å². The van der Waals surface area contributed by atoms with Crippen LogP contribution < -0.4 is 5.32 Å². The molecule has 17 heavy (non-hydrogen) atoms. The van der Waals surface area contributed by atoms with Crippen LogP contribution in [0.25, 0.3) is 0 Å². The fraction of sp³-hybridized carbons (Fsp3) is 0.400. The van der Waals surface area contributed by atoms with Crippen LogP contribution in [0, 0.1) is 13.7 Å². The van der Waals surface area contributed by atoms with Crippen LogP contribution in [0.4, 0.5) is 11.4 Å². The zero-order valence-electron chi connectivity index (χ0n) is 9.47. The molecule has 0 amide bonds.